The minimum Gasteiger partial charge on any atom is -0.490 e. The second-order valence-corrected chi connectivity index (χ2v) is 9.28. The third-order valence-electron chi connectivity index (χ3n) is 5.43. The van der Waals surface area contributed by atoms with E-state index < -0.39 is 5.97 Å². The van der Waals surface area contributed by atoms with Crippen molar-refractivity contribution < 1.29 is 19.4 Å². The molecule has 1 N–H and O–H groups in total. The Bertz CT molecular complexity index is 1550. The summed E-state index contributed by atoms with van der Waals surface area (Å²) in [5.41, 5.74) is 1.91. The third kappa shape index (κ3) is 6.00. The van der Waals surface area contributed by atoms with Gasteiger partial charge in [0.05, 0.1) is 34.3 Å². The van der Waals surface area contributed by atoms with Crippen LogP contribution in [0.25, 0.3) is 10.9 Å². The van der Waals surface area contributed by atoms with Gasteiger partial charge < -0.3 is 14.6 Å². The molecule has 4 rings (SSSR count). The van der Waals surface area contributed by atoms with Crippen molar-refractivity contribution >= 4 is 50.6 Å². The van der Waals surface area contributed by atoms with Crippen molar-refractivity contribution in [1.29, 1.82) is 0 Å². The summed E-state index contributed by atoms with van der Waals surface area (Å²) < 4.78 is 13.7. The number of hydrogen-bond donors (Lipinski definition) is 1. The van der Waals surface area contributed by atoms with Crippen LogP contribution >= 0.6 is 27.5 Å². The smallest absolute Gasteiger partial charge is 0.335 e. The molecule has 0 aliphatic heterocycles. The number of carboxylic acid groups (broad SMARTS) is 1. The predicted octanol–water partition coefficient (Wildman–Crippen LogP) is 5.93. The van der Waals surface area contributed by atoms with E-state index in [1.807, 2.05) is 19.9 Å². The molecule has 0 aliphatic rings. The molecule has 0 atom stereocenters. The van der Waals surface area contributed by atoms with Crippen molar-refractivity contribution in [1.82, 2.24) is 9.66 Å². The Hall–Kier alpha value is -3.69. The fourth-order valence-electron chi connectivity index (χ4n) is 3.63. The van der Waals surface area contributed by atoms with Crippen LogP contribution in [0.1, 0.15) is 41.2 Å². The summed E-state index contributed by atoms with van der Waals surface area (Å²) >= 11 is 9.94. The van der Waals surface area contributed by atoms with Gasteiger partial charge in [0.2, 0.25) is 0 Å². The molecule has 8 nitrogen and oxygen atoms in total. The van der Waals surface area contributed by atoms with Crippen LogP contribution in [0.3, 0.4) is 0 Å². The quantitative estimate of drug-likeness (QED) is 0.245. The molecule has 0 radical (unpaired) electrons. The number of nitrogens with zero attached hydrogens (tertiary/aromatic N) is 3. The van der Waals surface area contributed by atoms with Gasteiger partial charge in [-0.05, 0) is 60.5 Å². The van der Waals surface area contributed by atoms with Crippen LogP contribution in [-0.2, 0) is 13.0 Å². The van der Waals surface area contributed by atoms with Crippen LogP contribution in [0, 0.1) is 0 Å². The first-order chi connectivity index (χ1) is 17.8. The Labute approximate surface area is 226 Å². The lowest BCUT2D eigenvalue weighted by molar-refractivity contribution is 0.0697. The van der Waals surface area contributed by atoms with Crippen molar-refractivity contribution in [2.45, 2.75) is 26.9 Å². The highest BCUT2D eigenvalue weighted by Gasteiger charge is 2.14. The zero-order valence-electron chi connectivity index (χ0n) is 20.1. The van der Waals surface area contributed by atoms with Crippen molar-refractivity contribution in [2.24, 2.45) is 5.10 Å². The molecule has 0 amide bonds. The molecule has 0 spiro atoms. The monoisotopic (exact) mass is 583 g/mol. The van der Waals surface area contributed by atoms with Gasteiger partial charge in [0.25, 0.3) is 5.56 Å². The third-order valence-corrected chi connectivity index (χ3v) is 6.20. The van der Waals surface area contributed by atoms with Crippen LogP contribution in [-0.4, -0.2) is 33.6 Å². The number of rotatable bonds is 9. The van der Waals surface area contributed by atoms with Gasteiger partial charge in [-0.2, -0.15) is 9.78 Å². The lowest BCUT2D eigenvalue weighted by Gasteiger charge is -2.14. The number of carboxylic acids is 1. The van der Waals surface area contributed by atoms with Crippen LogP contribution < -0.4 is 15.0 Å². The van der Waals surface area contributed by atoms with E-state index in [4.69, 9.17) is 26.2 Å². The molecule has 0 unspecified atom stereocenters. The number of halogens is 2. The van der Waals surface area contributed by atoms with E-state index in [1.165, 1.54) is 23.0 Å². The van der Waals surface area contributed by atoms with E-state index >= 15 is 0 Å². The molecular weight excluding hydrogens is 562 g/mol. The van der Waals surface area contributed by atoms with Gasteiger partial charge in [-0.25, -0.2) is 9.78 Å². The van der Waals surface area contributed by atoms with Gasteiger partial charge >= 0.3 is 5.97 Å². The maximum absolute atomic E-state index is 13.1. The number of benzene rings is 3. The summed E-state index contributed by atoms with van der Waals surface area (Å²) in [6.45, 7) is 4.29. The van der Waals surface area contributed by atoms with Gasteiger partial charge in [0.15, 0.2) is 11.5 Å². The van der Waals surface area contributed by atoms with Gasteiger partial charge in [0.1, 0.15) is 12.4 Å². The minimum atomic E-state index is -0.993. The molecule has 37 heavy (non-hydrogen) atoms. The molecule has 4 aromatic rings. The van der Waals surface area contributed by atoms with Crippen LogP contribution in [0.5, 0.6) is 11.5 Å². The number of aryl methyl sites for hydroxylation is 1. The standard InChI is InChI=1S/C27H23BrClN3O5/c1-3-24-31-22-10-9-19(28)13-20(22)26(33)32(24)30-14-17-11-21(29)25(23(12-17)36-4-2)37-15-16-5-7-18(8-6-16)27(34)35/h5-14H,3-4,15H2,1-2H3,(H,34,35). The average molecular weight is 585 g/mol. The maximum atomic E-state index is 13.1. The Balaban J connectivity index is 1.64. The molecule has 0 fully saturated rings. The van der Waals surface area contributed by atoms with Gasteiger partial charge in [-0.15, -0.1) is 0 Å². The van der Waals surface area contributed by atoms with E-state index in [0.717, 1.165) is 10.0 Å². The molecule has 1 heterocycles. The van der Waals surface area contributed by atoms with E-state index in [-0.39, 0.29) is 17.7 Å². The molecule has 1 aromatic heterocycles. The highest BCUT2D eigenvalue weighted by Crippen LogP contribution is 2.37. The summed E-state index contributed by atoms with van der Waals surface area (Å²) in [5, 5.41) is 14.2. The first kappa shape index (κ1) is 26.4. The number of ether oxygens (including phenoxy) is 2. The van der Waals surface area contributed by atoms with Crippen LogP contribution in [0.2, 0.25) is 5.02 Å². The molecular formula is C27H23BrClN3O5. The second kappa shape index (κ2) is 11.6. The molecule has 190 valence electrons. The van der Waals surface area contributed by atoms with Crippen molar-refractivity contribution in [3.63, 3.8) is 0 Å². The summed E-state index contributed by atoms with van der Waals surface area (Å²) in [6, 6.07) is 15.1. The fourth-order valence-corrected chi connectivity index (χ4v) is 4.27. The Morgan fingerprint density at radius 2 is 1.89 bits per heavy atom. The number of aromatic carboxylic acids is 1. The topological polar surface area (TPSA) is 103 Å². The fraction of sp³-hybridized carbons (Fsp3) is 0.185. The average Bonchev–Trinajstić information content (AvgIpc) is 2.88. The zero-order chi connectivity index (χ0) is 26.5. The number of carbonyl (C=O) groups is 1. The lowest BCUT2D eigenvalue weighted by atomic mass is 10.1. The zero-order valence-corrected chi connectivity index (χ0v) is 22.4. The number of hydrogen-bond acceptors (Lipinski definition) is 6. The highest BCUT2D eigenvalue weighted by molar-refractivity contribution is 9.10. The van der Waals surface area contributed by atoms with E-state index in [9.17, 15) is 9.59 Å². The molecule has 0 aliphatic carbocycles. The molecule has 0 bridgehead atoms. The SMILES string of the molecule is CCOc1cc(C=Nn2c(CC)nc3ccc(Br)cc3c2=O)cc(Cl)c1OCc1ccc(C(=O)O)cc1. The Morgan fingerprint density at radius 3 is 2.57 bits per heavy atom. The van der Waals surface area contributed by atoms with Crippen LogP contribution in [0.4, 0.5) is 0 Å². The lowest BCUT2D eigenvalue weighted by Crippen LogP contribution is -2.22. The Morgan fingerprint density at radius 1 is 1.14 bits per heavy atom. The van der Waals surface area contributed by atoms with Gasteiger partial charge in [0, 0.05) is 10.9 Å². The van der Waals surface area contributed by atoms with Crippen molar-refractivity contribution in [3.8, 4) is 11.5 Å². The largest absolute Gasteiger partial charge is 0.490 e. The first-order valence-corrected chi connectivity index (χ1v) is 12.6. The normalized spacial score (nSPS) is 11.2. The summed E-state index contributed by atoms with van der Waals surface area (Å²) in [7, 11) is 0. The van der Waals surface area contributed by atoms with Crippen LogP contribution in [0.15, 0.2) is 69.0 Å². The Kier molecular flexibility index (Phi) is 8.25. The van der Waals surface area contributed by atoms with E-state index in [2.05, 4.69) is 26.0 Å². The van der Waals surface area contributed by atoms with E-state index in [0.29, 0.717) is 51.8 Å². The predicted molar refractivity (Wildman–Crippen MR) is 146 cm³/mol. The van der Waals surface area contributed by atoms with Crippen molar-refractivity contribution in [3.05, 3.63) is 97.0 Å². The summed E-state index contributed by atoms with van der Waals surface area (Å²) in [6.07, 6.45) is 2.04. The van der Waals surface area contributed by atoms with Gasteiger partial charge in [-0.3, -0.25) is 4.79 Å². The van der Waals surface area contributed by atoms with E-state index in [1.54, 1.807) is 36.4 Å². The van der Waals surface area contributed by atoms with Crippen molar-refractivity contribution in [2.75, 3.05) is 6.61 Å². The number of aromatic nitrogens is 2. The second-order valence-electron chi connectivity index (χ2n) is 7.96. The summed E-state index contributed by atoms with van der Waals surface area (Å²) in [4.78, 5) is 28.8. The molecule has 10 heteroatoms. The highest BCUT2D eigenvalue weighted by atomic mass is 79.9. The molecule has 0 saturated carbocycles. The van der Waals surface area contributed by atoms with Gasteiger partial charge in [-0.1, -0.05) is 46.6 Å². The number of fused-ring (bicyclic) bond motifs is 1. The molecule has 0 saturated heterocycles. The maximum Gasteiger partial charge on any atom is 0.335 e. The summed E-state index contributed by atoms with van der Waals surface area (Å²) in [5.74, 6) is 0.307. The minimum absolute atomic E-state index is 0.167. The molecule has 3 aromatic carbocycles. The first-order valence-electron chi connectivity index (χ1n) is 11.5.